The lowest BCUT2D eigenvalue weighted by Crippen LogP contribution is -2.09. The molecule has 0 aliphatic rings. The average Bonchev–Trinajstić information content (AvgIpc) is 2.85. The summed E-state index contributed by atoms with van der Waals surface area (Å²) in [6.45, 7) is 3.93. The van der Waals surface area contributed by atoms with Crippen LogP contribution in [0.3, 0.4) is 0 Å². The molecule has 2 unspecified atom stereocenters. The second-order valence-corrected chi connectivity index (χ2v) is 7.35. The van der Waals surface area contributed by atoms with Crippen molar-refractivity contribution in [3.8, 4) is 0 Å². The number of hydrogen-bond donors (Lipinski definition) is 0. The van der Waals surface area contributed by atoms with Gasteiger partial charge in [-0.15, -0.1) is 38.9 Å². The molecule has 0 spiro atoms. The van der Waals surface area contributed by atoms with Crippen molar-refractivity contribution in [3.05, 3.63) is 42.0 Å². The van der Waals surface area contributed by atoms with Crippen molar-refractivity contribution in [3.63, 3.8) is 0 Å². The van der Waals surface area contributed by atoms with Crippen LogP contribution in [0, 0.1) is 0 Å². The van der Waals surface area contributed by atoms with Gasteiger partial charge in [-0.05, 0) is 26.0 Å². The minimum Gasteiger partial charge on any atom is -0.320 e. The summed E-state index contributed by atoms with van der Waals surface area (Å²) in [5.41, 5.74) is 0.727. The van der Waals surface area contributed by atoms with Crippen molar-refractivity contribution in [2.75, 3.05) is 0 Å². The largest absolute Gasteiger partial charge is 0.320 e. The lowest BCUT2D eigenvalue weighted by atomic mass is 10.1. The highest BCUT2D eigenvalue weighted by Gasteiger charge is 2.14. The second-order valence-electron chi connectivity index (χ2n) is 4.56. The molecule has 7 heteroatoms. The van der Waals surface area contributed by atoms with Gasteiger partial charge in [-0.25, -0.2) is 0 Å². The van der Waals surface area contributed by atoms with Gasteiger partial charge < -0.3 is 4.57 Å². The minimum atomic E-state index is -0.154. The lowest BCUT2D eigenvalue weighted by Gasteiger charge is -2.10. The molecule has 0 fully saturated rings. The normalized spacial score (nSPS) is 13.3. The Kier molecular flexibility index (Phi) is 7.09. The number of carbonyl (C=O) groups excluding carboxylic acids is 1. The van der Waals surface area contributed by atoms with Gasteiger partial charge in [0.05, 0.1) is 10.1 Å². The summed E-state index contributed by atoms with van der Waals surface area (Å²) >= 11 is 4.99. The Morgan fingerprint density at radius 2 is 1.90 bits per heavy atom. The molecule has 4 nitrogen and oxygen atoms in total. The van der Waals surface area contributed by atoms with Crippen molar-refractivity contribution >= 4 is 50.5 Å². The summed E-state index contributed by atoms with van der Waals surface area (Å²) in [4.78, 5) is 12.8. The van der Waals surface area contributed by atoms with E-state index in [1.807, 2.05) is 42.8 Å². The van der Waals surface area contributed by atoms with Gasteiger partial charge in [0.2, 0.25) is 0 Å². The van der Waals surface area contributed by atoms with E-state index in [9.17, 15) is 4.79 Å². The zero-order valence-corrected chi connectivity index (χ0v) is 16.1. The number of carbonyl (C=O) groups is 1. The molecule has 1 aromatic heterocycles. The molecule has 0 N–H and O–H groups in total. The van der Waals surface area contributed by atoms with E-state index >= 15 is 0 Å². The van der Waals surface area contributed by atoms with Crippen molar-refractivity contribution in [2.45, 2.75) is 28.8 Å². The molecule has 1 heterocycles. The Bertz CT molecular complexity index is 599. The van der Waals surface area contributed by atoms with Gasteiger partial charge in [0.25, 0.3) is 0 Å². The SMILES string of the molecule is Br.CC(Br)C(=O)c1ccc(SC(C)c2nncn2C)cc1. The summed E-state index contributed by atoms with van der Waals surface area (Å²) in [7, 11) is 1.94. The summed E-state index contributed by atoms with van der Waals surface area (Å²) in [5.74, 6) is 1.03. The maximum absolute atomic E-state index is 11.8. The van der Waals surface area contributed by atoms with Gasteiger partial charge in [0.1, 0.15) is 12.2 Å². The third kappa shape index (κ3) is 4.66. The Morgan fingerprint density at radius 3 is 2.38 bits per heavy atom. The lowest BCUT2D eigenvalue weighted by molar-refractivity contribution is 0.0996. The number of halogens is 2. The van der Waals surface area contributed by atoms with Gasteiger partial charge in [0, 0.05) is 17.5 Å². The van der Waals surface area contributed by atoms with E-state index in [0.717, 1.165) is 16.3 Å². The van der Waals surface area contributed by atoms with Crippen LogP contribution in [0.15, 0.2) is 35.5 Å². The molecule has 2 atom stereocenters. The molecule has 2 aromatic rings. The Morgan fingerprint density at radius 1 is 1.29 bits per heavy atom. The summed E-state index contributed by atoms with van der Waals surface area (Å²) in [5, 5.41) is 8.21. The summed E-state index contributed by atoms with van der Waals surface area (Å²) in [6.07, 6.45) is 1.70. The number of hydrogen-bond acceptors (Lipinski definition) is 4. The number of rotatable bonds is 5. The summed E-state index contributed by atoms with van der Waals surface area (Å²) in [6, 6.07) is 7.68. The quantitative estimate of drug-likeness (QED) is 0.401. The number of thioether (sulfide) groups is 1. The van der Waals surface area contributed by atoms with Gasteiger partial charge in [0.15, 0.2) is 5.78 Å². The number of aromatic nitrogens is 3. The average molecular weight is 435 g/mol. The van der Waals surface area contributed by atoms with E-state index in [-0.39, 0.29) is 32.8 Å². The first-order chi connectivity index (χ1) is 9.49. The molecular formula is C14H17Br2N3OS. The molecule has 0 saturated carbocycles. The Labute approximate surface area is 147 Å². The zero-order chi connectivity index (χ0) is 14.7. The number of alkyl halides is 1. The molecular weight excluding hydrogens is 418 g/mol. The predicted octanol–water partition coefficient (Wildman–Crippen LogP) is 4.21. The number of aryl methyl sites for hydroxylation is 1. The fourth-order valence-corrected chi connectivity index (χ4v) is 3.13. The first-order valence-electron chi connectivity index (χ1n) is 6.28. The Hall–Kier alpha value is -0.660. The summed E-state index contributed by atoms with van der Waals surface area (Å²) < 4.78 is 1.92. The third-order valence-electron chi connectivity index (χ3n) is 2.92. The van der Waals surface area contributed by atoms with Crippen molar-refractivity contribution in [2.24, 2.45) is 7.05 Å². The number of Topliss-reactive ketones (excluding diaryl/α,β-unsaturated/α-hetero) is 1. The fraction of sp³-hybridized carbons (Fsp3) is 0.357. The standard InChI is InChI=1S/C14H16BrN3OS.BrH/c1-9(15)13(19)11-4-6-12(7-5-11)20-10(2)14-17-16-8-18(14)3;/h4-10H,1-3H3;1H. The molecule has 21 heavy (non-hydrogen) atoms. The van der Waals surface area contributed by atoms with E-state index in [4.69, 9.17) is 0 Å². The van der Waals surface area contributed by atoms with Gasteiger partial charge in [-0.2, -0.15) is 0 Å². The number of benzene rings is 1. The fourth-order valence-electron chi connectivity index (χ4n) is 1.84. The van der Waals surface area contributed by atoms with Crippen LogP contribution in [0.5, 0.6) is 0 Å². The highest BCUT2D eigenvalue weighted by atomic mass is 79.9. The highest BCUT2D eigenvalue weighted by Crippen LogP contribution is 2.33. The van der Waals surface area contributed by atoms with Gasteiger partial charge in [-0.1, -0.05) is 28.1 Å². The van der Waals surface area contributed by atoms with E-state index in [0.29, 0.717) is 0 Å². The number of nitrogens with zero attached hydrogens (tertiary/aromatic N) is 3. The molecule has 0 saturated heterocycles. The molecule has 0 aliphatic carbocycles. The minimum absolute atomic E-state index is 0. The number of ketones is 1. The zero-order valence-electron chi connectivity index (χ0n) is 12.0. The van der Waals surface area contributed by atoms with Crippen molar-refractivity contribution < 1.29 is 4.79 Å². The molecule has 0 bridgehead atoms. The monoisotopic (exact) mass is 433 g/mol. The van der Waals surface area contributed by atoms with Gasteiger partial charge in [-0.3, -0.25) is 4.79 Å². The van der Waals surface area contributed by atoms with Crippen LogP contribution in [-0.2, 0) is 7.05 Å². The van der Waals surface area contributed by atoms with Crippen LogP contribution in [0.2, 0.25) is 0 Å². The molecule has 0 amide bonds. The predicted molar refractivity (Wildman–Crippen MR) is 94.8 cm³/mol. The molecule has 0 aliphatic heterocycles. The molecule has 114 valence electrons. The topological polar surface area (TPSA) is 47.8 Å². The van der Waals surface area contributed by atoms with Crippen molar-refractivity contribution in [1.82, 2.24) is 14.8 Å². The molecule has 2 rings (SSSR count). The van der Waals surface area contributed by atoms with Crippen LogP contribution in [-0.4, -0.2) is 25.4 Å². The van der Waals surface area contributed by atoms with Crippen LogP contribution >= 0.6 is 44.7 Å². The first kappa shape index (κ1) is 18.4. The van der Waals surface area contributed by atoms with E-state index in [2.05, 4.69) is 33.1 Å². The van der Waals surface area contributed by atoms with E-state index in [1.165, 1.54) is 0 Å². The third-order valence-corrected chi connectivity index (χ3v) is 4.45. The van der Waals surface area contributed by atoms with E-state index < -0.39 is 0 Å². The van der Waals surface area contributed by atoms with Crippen LogP contribution in [0.1, 0.15) is 35.3 Å². The van der Waals surface area contributed by atoms with Crippen LogP contribution in [0.4, 0.5) is 0 Å². The second kappa shape index (κ2) is 8.10. The van der Waals surface area contributed by atoms with Crippen LogP contribution in [0.25, 0.3) is 0 Å². The maximum atomic E-state index is 11.8. The van der Waals surface area contributed by atoms with Crippen molar-refractivity contribution in [1.29, 1.82) is 0 Å². The Balaban J connectivity index is 0.00000220. The smallest absolute Gasteiger partial charge is 0.176 e. The maximum Gasteiger partial charge on any atom is 0.176 e. The molecule has 1 aromatic carbocycles. The van der Waals surface area contributed by atoms with Crippen LogP contribution < -0.4 is 0 Å². The van der Waals surface area contributed by atoms with E-state index in [1.54, 1.807) is 18.1 Å². The highest BCUT2D eigenvalue weighted by molar-refractivity contribution is 9.10. The van der Waals surface area contributed by atoms with Gasteiger partial charge >= 0.3 is 0 Å². The first-order valence-corrected chi connectivity index (χ1v) is 8.07. The molecule has 0 radical (unpaired) electrons.